The minimum absolute atomic E-state index is 0.0508. The average Bonchev–Trinajstić information content (AvgIpc) is 3.40. The van der Waals surface area contributed by atoms with E-state index in [0.717, 1.165) is 25.0 Å². The molecule has 7 heteroatoms. The van der Waals surface area contributed by atoms with Crippen molar-refractivity contribution in [3.8, 4) is 5.75 Å². The average molecular weight is 460 g/mol. The van der Waals surface area contributed by atoms with E-state index in [9.17, 15) is 9.59 Å². The third kappa shape index (κ3) is 6.83. The zero-order chi connectivity index (χ0) is 23.6. The first-order valence-electron chi connectivity index (χ1n) is 11.5. The largest absolute Gasteiger partial charge is 0.489 e. The van der Waals surface area contributed by atoms with Crippen LogP contribution in [0, 0.1) is 0 Å². The highest BCUT2D eigenvalue weighted by Gasteiger charge is 2.17. The van der Waals surface area contributed by atoms with Crippen molar-refractivity contribution in [1.82, 2.24) is 5.32 Å². The molecule has 1 heterocycles. The van der Waals surface area contributed by atoms with Gasteiger partial charge in [0.25, 0.3) is 5.91 Å². The lowest BCUT2D eigenvalue weighted by Crippen LogP contribution is -2.24. The van der Waals surface area contributed by atoms with E-state index in [-0.39, 0.29) is 24.5 Å². The van der Waals surface area contributed by atoms with E-state index in [2.05, 4.69) is 16.0 Å². The smallest absolute Gasteiger partial charge is 0.251 e. The zero-order valence-electron chi connectivity index (χ0n) is 19.0. The molecule has 1 saturated heterocycles. The second kappa shape index (κ2) is 11.9. The summed E-state index contributed by atoms with van der Waals surface area (Å²) in [6, 6.07) is 24.2. The van der Waals surface area contributed by atoms with E-state index in [1.54, 1.807) is 24.3 Å². The molecule has 0 aromatic heterocycles. The summed E-state index contributed by atoms with van der Waals surface area (Å²) >= 11 is 0. The highest BCUT2D eigenvalue weighted by atomic mass is 16.5. The van der Waals surface area contributed by atoms with Crippen molar-refractivity contribution in [2.75, 3.05) is 30.4 Å². The van der Waals surface area contributed by atoms with E-state index in [0.29, 0.717) is 35.8 Å². The van der Waals surface area contributed by atoms with Crippen molar-refractivity contribution < 1.29 is 19.1 Å². The Labute approximate surface area is 199 Å². The quantitative estimate of drug-likeness (QED) is 0.422. The molecule has 2 amide bonds. The van der Waals surface area contributed by atoms with Crippen LogP contribution in [0.15, 0.2) is 78.9 Å². The van der Waals surface area contributed by atoms with Crippen LogP contribution in [0.1, 0.15) is 28.8 Å². The van der Waals surface area contributed by atoms with Gasteiger partial charge in [0.05, 0.1) is 18.3 Å². The lowest BCUT2D eigenvalue weighted by Gasteiger charge is -2.15. The third-order valence-electron chi connectivity index (χ3n) is 5.48. The van der Waals surface area contributed by atoms with Crippen LogP contribution < -0.4 is 20.7 Å². The Hall–Kier alpha value is -3.84. The van der Waals surface area contributed by atoms with Crippen LogP contribution in [0.3, 0.4) is 0 Å². The summed E-state index contributed by atoms with van der Waals surface area (Å²) in [5, 5.41) is 8.87. The summed E-state index contributed by atoms with van der Waals surface area (Å²) < 4.78 is 11.5. The molecule has 3 aromatic carbocycles. The summed E-state index contributed by atoms with van der Waals surface area (Å²) in [6.45, 7) is 1.74. The molecule has 7 nitrogen and oxygen atoms in total. The van der Waals surface area contributed by atoms with Gasteiger partial charge in [0.15, 0.2) is 0 Å². The summed E-state index contributed by atoms with van der Waals surface area (Å²) in [4.78, 5) is 25.0. The first kappa shape index (κ1) is 23.3. The number of carbonyl (C=O) groups is 2. The first-order valence-corrected chi connectivity index (χ1v) is 11.5. The molecule has 1 aliphatic rings. The molecule has 0 saturated carbocycles. The lowest BCUT2D eigenvalue weighted by molar-refractivity contribution is -0.114. The molecular weight excluding hydrogens is 430 g/mol. The molecule has 1 atom stereocenters. The fraction of sp³-hybridized carbons (Fsp3) is 0.259. The first-order chi connectivity index (χ1) is 16.7. The van der Waals surface area contributed by atoms with Gasteiger partial charge < -0.3 is 25.4 Å². The fourth-order valence-electron chi connectivity index (χ4n) is 3.68. The van der Waals surface area contributed by atoms with Gasteiger partial charge in [0, 0.05) is 24.4 Å². The Morgan fingerprint density at radius 1 is 0.971 bits per heavy atom. The van der Waals surface area contributed by atoms with Gasteiger partial charge in [-0.1, -0.05) is 48.5 Å². The summed E-state index contributed by atoms with van der Waals surface area (Å²) in [7, 11) is 0. The SMILES string of the molecule is O=C(CNc1cccc(C(=O)NCc2ccccc2)c1)Nc1ccccc1OCC1CCCO1. The van der Waals surface area contributed by atoms with Gasteiger partial charge in [-0.25, -0.2) is 0 Å². The van der Waals surface area contributed by atoms with E-state index in [1.807, 2.05) is 54.6 Å². The van der Waals surface area contributed by atoms with Gasteiger partial charge in [-0.15, -0.1) is 0 Å². The van der Waals surface area contributed by atoms with E-state index in [1.165, 1.54) is 0 Å². The van der Waals surface area contributed by atoms with Crippen molar-refractivity contribution in [3.05, 3.63) is 90.0 Å². The van der Waals surface area contributed by atoms with Crippen molar-refractivity contribution in [2.24, 2.45) is 0 Å². The second-order valence-corrected chi connectivity index (χ2v) is 8.09. The predicted octanol–water partition coefficient (Wildman–Crippen LogP) is 4.23. The van der Waals surface area contributed by atoms with Gasteiger partial charge >= 0.3 is 0 Å². The number of benzene rings is 3. The van der Waals surface area contributed by atoms with Crippen LogP contribution in [0.5, 0.6) is 5.75 Å². The Balaban J connectivity index is 1.27. The molecule has 1 unspecified atom stereocenters. The van der Waals surface area contributed by atoms with Crippen molar-refractivity contribution in [3.63, 3.8) is 0 Å². The summed E-state index contributed by atoms with van der Waals surface area (Å²) in [5.74, 6) is 0.227. The van der Waals surface area contributed by atoms with Gasteiger partial charge in [-0.3, -0.25) is 9.59 Å². The number of rotatable bonds is 10. The molecule has 176 valence electrons. The van der Waals surface area contributed by atoms with Gasteiger partial charge in [0.1, 0.15) is 12.4 Å². The van der Waals surface area contributed by atoms with Gasteiger partial charge in [-0.05, 0) is 48.7 Å². The Morgan fingerprint density at radius 3 is 2.62 bits per heavy atom. The minimum Gasteiger partial charge on any atom is -0.489 e. The maximum Gasteiger partial charge on any atom is 0.251 e. The normalized spacial score (nSPS) is 14.9. The number of hydrogen-bond acceptors (Lipinski definition) is 5. The molecule has 34 heavy (non-hydrogen) atoms. The third-order valence-corrected chi connectivity index (χ3v) is 5.48. The standard InChI is InChI=1S/C27H29N3O4/c31-26(30-24-13-4-5-14-25(24)34-19-23-12-7-15-33-23)18-28-22-11-6-10-21(16-22)27(32)29-17-20-8-2-1-3-9-20/h1-6,8-11,13-14,16,23,28H,7,12,15,17-19H2,(H,29,32)(H,30,31). The summed E-state index contributed by atoms with van der Waals surface area (Å²) in [5.41, 5.74) is 2.85. The number of amides is 2. The van der Waals surface area contributed by atoms with Crippen LogP contribution in [-0.4, -0.2) is 37.7 Å². The molecule has 0 aliphatic carbocycles. The molecule has 1 fully saturated rings. The zero-order valence-corrected chi connectivity index (χ0v) is 19.0. The van der Waals surface area contributed by atoms with Gasteiger partial charge in [0.2, 0.25) is 5.91 Å². The Kier molecular flexibility index (Phi) is 8.13. The summed E-state index contributed by atoms with van der Waals surface area (Å²) in [6.07, 6.45) is 2.14. The molecule has 0 spiro atoms. The lowest BCUT2D eigenvalue weighted by atomic mass is 10.1. The molecule has 4 rings (SSSR count). The maximum atomic E-state index is 12.5. The molecule has 1 aliphatic heterocycles. The van der Waals surface area contributed by atoms with Crippen LogP contribution >= 0.6 is 0 Å². The number of hydrogen-bond donors (Lipinski definition) is 3. The predicted molar refractivity (Wildman–Crippen MR) is 132 cm³/mol. The van der Waals surface area contributed by atoms with Crippen LogP contribution in [0.4, 0.5) is 11.4 Å². The monoisotopic (exact) mass is 459 g/mol. The number of anilines is 2. The van der Waals surface area contributed by atoms with E-state index >= 15 is 0 Å². The number of nitrogens with one attached hydrogen (secondary N) is 3. The topological polar surface area (TPSA) is 88.7 Å². The highest BCUT2D eigenvalue weighted by Crippen LogP contribution is 2.25. The number of para-hydroxylation sites is 2. The Bertz CT molecular complexity index is 1100. The maximum absolute atomic E-state index is 12.5. The second-order valence-electron chi connectivity index (χ2n) is 8.09. The number of carbonyl (C=O) groups excluding carboxylic acids is 2. The van der Waals surface area contributed by atoms with Crippen molar-refractivity contribution in [2.45, 2.75) is 25.5 Å². The fourth-order valence-corrected chi connectivity index (χ4v) is 3.68. The van der Waals surface area contributed by atoms with Crippen LogP contribution in [0.25, 0.3) is 0 Å². The van der Waals surface area contributed by atoms with E-state index in [4.69, 9.17) is 9.47 Å². The minimum atomic E-state index is -0.216. The molecule has 3 aromatic rings. The number of ether oxygens (including phenoxy) is 2. The van der Waals surface area contributed by atoms with Crippen molar-refractivity contribution >= 4 is 23.2 Å². The molecular formula is C27H29N3O4. The van der Waals surface area contributed by atoms with E-state index < -0.39 is 0 Å². The van der Waals surface area contributed by atoms with Gasteiger partial charge in [-0.2, -0.15) is 0 Å². The van der Waals surface area contributed by atoms with Crippen molar-refractivity contribution in [1.29, 1.82) is 0 Å². The molecule has 3 N–H and O–H groups in total. The Morgan fingerprint density at radius 2 is 1.79 bits per heavy atom. The van der Waals surface area contributed by atoms with Crippen LogP contribution in [-0.2, 0) is 16.1 Å². The highest BCUT2D eigenvalue weighted by molar-refractivity contribution is 5.96. The van der Waals surface area contributed by atoms with Crippen LogP contribution in [0.2, 0.25) is 0 Å². The molecule has 0 bridgehead atoms. The molecule has 0 radical (unpaired) electrons.